The van der Waals surface area contributed by atoms with E-state index in [0.717, 1.165) is 11.3 Å². The summed E-state index contributed by atoms with van der Waals surface area (Å²) in [6, 6.07) is 18.5. The van der Waals surface area contributed by atoms with E-state index < -0.39 is 0 Å². The lowest BCUT2D eigenvalue weighted by atomic mass is 10.2. The fourth-order valence-electron chi connectivity index (χ4n) is 2.90. The van der Waals surface area contributed by atoms with Crippen LogP contribution in [0.5, 0.6) is 0 Å². The number of pyridine rings is 1. The summed E-state index contributed by atoms with van der Waals surface area (Å²) in [7, 11) is 0. The number of rotatable bonds is 6. The second-order valence-electron chi connectivity index (χ2n) is 6.69. The molecule has 31 heavy (non-hydrogen) atoms. The van der Waals surface area contributed by atoms with Crippen LogP contribution in [0.25, 0.3) is 17.2 Å². The van der Waals surface area contributed by atoms with Crippen LogP contribution in [-0.4, -0.2) is 31.4 Å². The molecule has 2 aromatic heterocycles. The molecule has 0 bridgehead atoms. The van der Waals surface area contributed by atoms with Gasteiger partial charge in [-0.3, -0.25) is 14.3 Å². The molecule has 0 radical (unpaired) electrons. The highest BCUT2D eigenvalue weighted by molar-refractivity contribution is 7.99. The first kappa shape index (κ1) is 21.4. The molecule has 0 saturated heterocycles. The second-order valence-corrected chi connectivity index (χ2v) is 8.50. The van der Waals surface area contributed by atoms with Gasteiger partial charge in [-0.15, -0.1) is 10.2 Å². The number of thioether (sulfide) groups is 1. The average Bonchev–Trinajstić information content (AvgIpc) is 3.17. The average molecular weight is 470 g/mol. The lowest BCUT2D eigenvalue weighted by Gasteiger charge is -2.10. The number of anilines is 1. The Kier molecular flexibility index (Phi) is 6.56. The first-order chi connectivity index (χ1) is 15.0. The number of nitrogens with one attached hydrogen (secondary N) is 1. The summed E-state index contributed by atoms with van der Waals surface area (Å²) < 4.78 is 1.90. The zero-order valence-corrected chi connectivity index (χ0v) is 18.7. The van der Waals surface area contributed by atoms with Gasteiger partial charge in [-0.1, -0.05) is 58.7 Å². The smallest absolute Gasteiger partial charge is 0.234 e. The monoisotopic (exact) mass is 469 g/mol. The maximum absolute atomic E-state index is 12.5. The zero-order valence-electron chi connectivity index (χ0n) is 16.4. The van der Waals surface area contributed by atoms with Gasteiger partial charge in [0.2, 0.25) is 5.91 Å². The molecule has 0 aliphatic heterocycles. The molecular weight excluding hydrogens is 453 g/mol. The van der Waals surface area contributed by atoms with Gasteiger partial charge in [0.1, 0.15) is 5.69 Å². The van der Waals surface area contributed by atoms with Crippen molar-refractivity contribution in [3.8, 4) is 17.2 Å². The van der Waals surface area contributed by atoms with E-state index in [1.165, 1.54) is 11.8 Å². The van der Waals surface area contributed by atoms with E-state index in [4.69, 9.17) is 23.2 Å². The van der Waals surface area contributed by atoms with Crippen molar-refractivity contribution in [3.05, 3.63) is 82.5 Å². The van der Waals surface area contributed by atoms with Crippen molar-refractivity contribution in [2.24, 2.45) is 0 Å². The third-order valence-electron chi connectivity index (χ3n) is 4.30. The molecule has 2 heterocycles. The van der Waals surface area contributed by atoms with Gasteiger partial charge in [0, 0.05) is 27.6 Å². The highest BCUT2D eigenvalue weighted by Gasteiger charge is 2.18. The Morgan fingerprint density at radius 1 is 1.03 bits per heavy atom. The first-order valence-electron chi connectivity index (χ1n) is 9.32. The topological polar surface area (TPSA) is 72.7 Å². The highest BCUT2D eigenvalue weighted by Crippen LogP contribution is 2.28. The van der Waals surface area contributed by atoms with Crippen LogP contribution in [0, 0.1) is 6.92 Å². The molecule has 4 rings (SSSR count). The normalized spacial score (nSPS) is 10.8. The van der Waals surface area contributed by atoms with Gasteiger partial charge in [-0.25, -0.2) is 0 Å². The fourth-order valence-corrected chi connectivity index (χ4v) is 4.18. The number of aryl methyl sites for hydroxylation is 1. The Bertz CT molecular complexity index is 1190. The number of carbonyl (C=O) groups excluding carboxylic acids is 1. The molecule has 1 amide bonds. The van der Waals surface area contributed by atoms with Crippen LogP contribution in [0.4, 0.5) is 5.69 Å². The van der Waals surface area contributed by atoms with Gasteiger partial charge >= 0.3 is 0 Å². The molecule has 156 valence electrons. The molecule has 1 N–H and O–H groups in total. The predicted octanol–water partition coefficient (Wildman–Crippen LogP) is 5.68. The van der Waals surface area contributed by atoms with Gasteiger partial charge in [-0.2, -0.15) is 0 Å². The molecule has 0 aliphatic rings. The van der Waals surface area contributed by atoms with Crippen molar-refractivity contribution >= 4 is 46.6 Å². The maximum Gasteiger partial charge on any atom is 0.234 e. The van der Waals surface area contributed by atoms with Gasteiger partial charge in [0.15, 0.2) is 11.0 Å². The molecule has 0 aliphatic carbocycles. The summed E-state index contributed by atoms with van der Waals surface area (Å²) in [6.07, 6.45) is 1.71. The van der Waals surface area contributed by atoms with Gasteiger partial charge in [0.05, 0.1) is 5.75 Å². The van der Waals surface area contributed by atoms with E-state index in [2.05, 4.69) is 20.5 Å². The van der Waals surface area contributed by atoms with Crippen LogP contribution in [-0.2, 0) is 4.79 Å². The Morgan fingerprint density at radius 3 is 2.45 bits per heavy atom. The third kappa shape index (κ3) is 5.25. The Balaban J connectivity index is 1.58. The summed E-state index contributed by atoms with van der Waals surface area (Å²) in [5, 5.41) is 12.9. The van der Waals surface area contributed by atoms with Crippen molar-refractivity contribution in [1.29, 1.82) is 0 Å². The molecule has 0 fully saturated rings. The summed E-state index contributed by atoms with van der Waals surface area (Å²) >= 11 is 13.3. The number of carbonyl (C=O) groups is 1. The van der Waals surface area contributed by atoms with Gasteiger partial charge < -0.3 is 5.32 Å². The largest absolute Gasteiger partial charge is 0.325 e. The molecule has 9 heteroatoms. The lowest BCUT2D eigenvalue weighted by molar-refractivity contribution is -0.113. The summed E-state index contributed by atoms with van der Waals surface area (Å²) in [5.74, 6) is 0.534. The molecule has 0 atom stereocenters. The number of benzene rings is 2. The minimum absolute atomic E-state index is 0.135. The Morgan fingerprint density at radius 2 is 1.77 bits per heavy atom. The van der Waals surface area contributed by atoms with Crippen LogP contribution < -0.4 is 5.32 Å². The number of amides is 1. The molecular formula is C22H17Cl2N5OS. The number of hydrogen-bond acceptors (Lipinski definition) is 5. The van der Waals surface area contributed by atoms with Crippen LogP contribution in [0.2, 0.25) is 10.0 Å². The van der Waals surface area contributed by atoms with E-state index >= 15 is 0 Å². The number of hydrogen-bond donors (Lipinski definition) is 1. The molecule has 2 aromatic carbocycles. The van der Waals surface area contributed by atoms with E-state index in [1.54, 1.807) is 24.4 Å². The third-order valence-corrected chi connectivity index (χ3v) is 5.66. The maximum atomic E-state index is 12.5. The number of halogens is 2. The van der Waals surface area contributed by atoms with Crippen LogP contribution in [0.3, 0.4) is 0 Å². The Labute approximate surface area is 193 Å². The highest BCUT2D eigenvalue weighted by atomic mass is 35.5. The second kappa shape index (κ2) is 9.51. The first-order valence-corrected chi connectivity index (χ1v) is 11.1. The van der Waals surface area contributed by atoms with Crippen molar-refractivity contribution in [3.63, 3.8) is 0 Å². The predicted molar refractivity (Wildman–Crippen MR) is 125 cm³/mol. The van der Waals surface area contributed by atoms with E-state index in [1.807, 2.05) is 54.0 Å². The summed E-state index contributed by atoms with van der Waals surface area (Å²) in [4.78, 5) is 16.9. The van der Waals surface area contributed by atoms with Gasteiger partial charge in [-0.05, 0) is 49.4 Å². The lowest BCUT2D eigenvalue weighted by Crippen LogP contribution is -2.14. The van der Waals surface area contributed by atoms with E-state index in [0.29, 0.717) is 32.4 Å². The van der Waals surface area contributed by atoms with Crippen LogP contribution in [0.1, 0.15) is 5.56 Å². The van der Waals surface area contributed by atoms with Crippen LogP contribution >= 0.6 is 35.0 Å². The molecule has 4 aromatic rings. The van der Waals surface area contributed by atoms with Crippen molar-refractivity contribution in [2.75, 3.05) is 11.1 Å². The van der Waals surface area contributed by atoms with Gasteiger partial charge in [0.25, 0.3) is 0 Å². The zero-order chi connectivity index (χ0) is 21.8. The number of aromatic nitrogens is 4. The fraction of sp³-hybridized carbons (Fsp3) is 0.0909. The SMILES string of the molecule is Cc1ccc(-n2c(SCC(=O)Nc3cc(Cl)cc(Cl)c3)nnc2-c2ccccn2)cc1. The minimum Gasteiger partial charge on any atom is -0.325 e. The van der Waals surface area contributed by atoms with Crippen LogP contribution in [0.15, 0.2) is 72.0 Å². The van der Waals surface area contributed by atoms with E-state index in [-0.39, 0.29) is 11.7 Å². The van der Waals surface area contributed by atoms with E-state index in [9.17, 15) is 4.79 Å². The number of nitrogens with zero attached hydrogens (tertiary/aromatic N) is 4. The van der Waals surface area contributed by atoms with Crippen molar-refractivity contribution in [1.82, 2.24) is 19.7 Å². The standard InChI is InChI=1S/C22H17Cl2N5OS/c1-14-5-7-18(8-6-14)29-21(19-4-2-3-9-25-19)27-28-22(29)31-13-20(30)26-17-11-15(23)10-16(24)12-17/h2-12H,13H2,1H3,(H,26,30). The minimum atomic E-state index is -0.207. The van der Waals surface area contributed by atoms with Crippen molar-refractivity contribution in [2.45, 2.75) is 12.1 Å². The molecule has 0 saturated carbocycles. The molecule has 0 spiro atoms. The summed E-state index contributed by atoms with van der Waals surface area (Å²) in [6.45, 7) is 2.03. The quantitative estimate of drug-likeness (QED) is 0.368. The van der Waals surface area contributed by atoms with Crippen molar-refractivity contribution < 1.29 is 4.79 Å². The molecule has 0 unspecified atom stereocenters. The summed E-state index contributed by atoms with van der Waals surface area (Å²) in [5.41, 5.74) is 3.27. The Hall–Kier alpha value is -2.87. The molecule has 6 nitrogen and oxygen atoms in total.